The molecule has 2 aliphatic heterocycles. The molecule has 3 aromatic rings. The summed E-state index contributed by atoms with van der Waals surface area (Å²) < 4.78 is 0. The van der Waals surface area contributed by atoms with E-state index in [-0.39, 0.29) is 18.0 Å². The number of piperidine rings is 1. The number of amides is 1. The van der Waals surface area contributed by atoms with Gasteiger partial charge in [0.25, 0.3) is 5.91 Å². The van der Waals surface area contributed by atoms with E-state index in [0.717, 1.165) is 69.3 Å². The van der Waals surface area contributed by atoms with Gasteiger partial charge in [-0.25, -0.2) is 9.97 Å². The van der Waals surface area contributed by atoms with Crippen LogP contribution in [0.2, 0.25) is 0 Å². The molecule has 9 heteroatoms. The number of nitrogens with one attached hydrogen (secondary N) is 1. The molecule has 0 saturated carbocycles. The average molecular weight is 515 g/mol. The topological polar surface area (TPSA) is 90.4 Å². The summed E-state index contributed by atoms with van der Waals surface area (Å²) in [5, 5.41) is 12.4. The van der Waals surface area contributed by atoms with Crippen LogP contribution >= 0.6 is 0 Å². The van der Waals surface area contributed by atoms with Crippen molar-refractivity contribution in [2.45, 2.75) is 52.1 Å². The van der Waals surface area contributed by atoms with E-state index < -0.39 is 0 Å². The van der Waals surface area contributed by atoms with Gasteiger partial charge < -0.3 is 20.0 Å². The van der Waals surface area contributed by atoms with Crippen molar-refractivity contribution in [2.24, 2.45) is 0 Å². The van der Waals surface area contributed by atoms with Gasteiger partial charge in [0.1, 0.15) is 11.5 Å². The lowest BCUT2D eigenvalue weighted by Crippen LogP contribution is -2.53. The Labute approximate surface area is 225 Å². The molecule has 0 radical (unpaired) electrons. The number of aromatic nitrogens is 4. The van der Waals surface area contributed by atoms with Gasteiger partial charge in [0.15, 0.2) is 5.82 Å². The highest BCUT2D eigenvalue weighted by molar-refractivity contribution is 5.92. The van der Waals surface area contributed by atoms with Crippen LogP contribution in [0.5, 0.6) is 0 Å². The molecule has 38 heavy (non-hydrogen) atoms. The number of anilines is 2. The van der Waals surface area contributed by atoms with Crippen LogP contribution in [-0.2, 0) is 6.42 Å². The Balaban J connectivity index is 1.20. The first-order valence-electron chi connectivity index (χ1n) is 13.6. The SMILES string of the molecule is Cc1c(Cc2ccccc2)nnc(N2CCN(c3cnc(C(=O)NC4CCN(C)CC4)cn3)[C@H](C)C2)c1C. The molecule has 2 aliphatic rings. The van der Waals surface area contributed by atoms with Gasteiger partial charge in [0.05, 0.1) is 18.1 Å². The second kappa shape index (κ2) is 11.4. The summed E-state index contributed by atoms with van der Waals surface area (Å²) >= 11 is 0. The number of benzene rings is 1. The van der Waals surface area contributed by atoms with Crippen LogP contribution in [0.3, 0.4) is 0 Å². The molecule has 1 amide bonds. The molecule has 0 spiro atoms. The minimum Gasteiger partial charge on any atom is -0.351 e. The molecule has 200 valence electrons. The third-order valence-electron chi connectivity index (χ3n) is 7.96. The van der Waals surface area contributed by atoms with Crippen LogP contribution in [-0.4, -0.2) is 82.8 Å². The maximum atomic E-state index is 12.7. The van der Waals surface area contributed by atoms with Gasteiger partial charge in [0.2, 0.25) is 0 Å². The number of nitrogens with zero attached hydrogens (tertiary/aromatic N) is 7. The van der Waals surface area contributed by atoms with Crippen LogP contribution in [0.1, 0.15) is 52.6 Å². The molecule has 2 fully saturated rings. The fourth-order valence-corrected chi connectivity index (χ4v) is 5.39. The van der Waals surface area contributed by atoms with E-state index in [1.54, 1.807) is 12.4 Å². The average Bonchev–Trinajstić information content (AvgIpc) is 2.93. The van der Waals surface area contributed by atoms with Gasteiger partial charge >= 0.3 is 0 Å². The number of carbonyl (C=O) groups is 1. The Morgan fingerprint density at radius 1 is 0.974 bits per heavy atom. The number of rotatable bonds is 6. The Morgan fingerprint density at radius 2 is 1.74 bits per heavy atom. The molecule has 1 N–H and O–H groups in total. The zero-order valence-corrected chi connectivity index (χ0v) is 22.9. The molecule has 1 atom stereocenters. The molecule has 0 bridgehead atoms. The van der Waals surface area contributed by atoms with Crippen molar-refractivity contribution in [1.82, 2.24) is 30.4 Å². The van der Waals surface area contributed by atoms with E-state index in [0.29, 0.717) is 5.69 Å². The second-order valence-corrected chi connectivity index (χ2v) is 10.7. The standard InChI is InChI=1S/C29H38N8O/c1-20-19-36(28-22(3)21(2)25(33-34-28)16-23-8-6-5-7-9-23)14-15-37(20)27-18-30-26(17-31-27)29(38)32-24-10-12-35(4)13-11-24/h5-9,17-18,20,24H,10-16,19H2,1-4H3,(H,32,38)/t20-/m1/s1. The fraction of sp³-hybridized carbons (Fsp3) is 0.483. The van der Waals surface area contributed by atoms with Gasteiger partial charge in [-0.05, 0) is 70.4 Å². The third kappa shape index (κ3) is 5.78. The summed E-state index contributed by atoms with van der Waals surface area (Å²) in [5.74, 6) is 1.61. The third-order valence-corrected chi connectivity index (χ3v) is 7.96. The first-order valence-corrected chi connectivity index (χ1v) is 13.6. The zero-order valence-electron chi connectivity index (χ0n) is 22.9. The van der Waals surface area contributed by atoms with E-state index in [1.807, 2.05) is 6.07 Å². The second-order valence-electron chi connectivity index (χ2n) is 10.7. The van der Waals surface area contributed by atoms with Crippen LogP contribution in [0.15, 0.2) is 42.7 Å². The van der Waals surface area contributed by atoms with Gasteiger partial charge in [-0.3, -0.25) is 4.79 Å². The molecule has 0 unspecified atom stereocenters. The summed E-state index contributed by atoms with van der Waals surface area (Å²) in [4.78, 5) is 28.6. The quantitative estimate of drug-likeness (QED) is 0.537. The van der Waals surface area contributed by atoms with Crippen molar-refractivity contribution >= 4 is 17.5 Å². The predicted octanol–water partition coefficient (Wildman–Crippen LogP) is 3.01. The Kier molecular flexibility index (Phi) is 7.83. The van der Waals surface area contributed by atoms with Crippen LogP contribution in [0.25, 0.3) is 0 Å². The number of piperazine rings is 1. The van der Waals surface area contributed by atoms with Crippen LogP contribution in [0, 0.1) is 13.8 Å². The monoisotopic (exact) mass is 514 g/mol. The fourth-order valence-electron chi connectivity index (χ4n) is 5.39. The summed E-state index contributed by atoms with van der Waals surface area (Å²) in [7, 11) is 2.11. The summed E-state index contributed by atoms with van der Waals surface area (Å²) in [5.41, 5.74) is 5.03. The summed E-state index contributed by atoms with van der Waals surface area (Å²) in [6.07, 6.45) is 6.05. The predicted molar refractivity (Wildman–Crippen MR) is 150 cm³/mol. The molecule has 0 aliphatic carbocycles. The van der Waals surface area contributed by atoms with Crippen molar-refractivity contribution in [1.29, 1.82) is 0 Å². The summed E-state index contributed by atoms with van der Waals surface area (Å²) in [6.45, 7) is 10.9. The maximum absolute atomic E-state index is 12.7. The molecule has 9 nitrogen and oxygen atoms in total. The minimum absolute atomic E-state index is 0.142. The molecule has 2 aromatic heterocycles. The largest absolute Gasteiger partial charge is 0.351 e. The van der Waals surface area contributed by atoms with E-state index >= 15 is 0 Å². The van der Waals surface area contributed by atoms with Crippen molar-refractivity contribution in [2.75, 3.05) is 49.6 Å². The number of hydrogen-bond donors (Lipinski definition) is 1. The lowest BCUT2D eigenvalue weighted by atomic mass is 10.0. The maximum Gasteiger partial charge on any atom is 0.271 e. The summed E-state index contributed by atoms with van der Waals surface area (Å²) in [6, 6.07) is 10.8. The Hall–Kier alpha value is -3.59. The van der Waals surface area contributed by atoms with Gasteiger partial charge in [-0.2, -0.15) is 5.10 Å². The molecule has 4 heterocycles. The smallest absolute Gasteiger partial charge is 0.271 e. The van der Waals surface area contributed by atoms with Crippen LogP contribution in [0.4, 0.5) is 11.6 Å². The lowest BCUT2D eigenvalue weighted by molar-refractivity contribution is 0.0911. The minimum atomic E-state index is -0.142. The number of likely N-dealkylation sites (tertiary alicyclic amines) is 1. The van der Waals surface area contributed by atoms with Crippen molar-refractivity contribution < 1.29 is 4.79 Å². The van der Waals surface area contributed by atoms with Gasteiger partial charge in [-0.1, -0.05) is 30.3 Å². The molecule has 5 rings (SSSR count). The van der Waals surface area contributed by atoms with E-state index in [1.165, 1.54) is 16.7 Å². The van der Waals surface area contributed by atoms with E-state index in [2.05, 4.69) is 92.3 Å². The highest BCUT2D eigenvalue weighted by atomic mass is 16.2. The Bertz CT molecular complexity index is 1240. The molecular weight excluding hydrogens is 476 g/mol. The first-order chi connectivity index (χ1) is 18.4. The van der Waals surface area contributed by atoms with Gasteiger partial charge in [0, 0.05) is 38.1 Å². The highest BCUT2D eigenvalue weighted by Crippen LogP contribution is 2.26. The molecule has 1 aromatic carbocycles. The van der Waals surface area contributed by atoms with Crippen molar-refractivity contribution in [3.8, 4) is 0 Å². The van der Waals surface area contributed by atoms with E-state index in [4.69, 9.17) is 0 Å². The zero-order chi connectivity index (χ0) is 26.6. The normalized spacial score (nSPS) is 19.0. The highest BCUT2D eigenvalue weighted by Gasteiger charge is 2.28. The van der Waals surface area contributed by atoms with Crippen molar-refractivity contribution in [3.05, 3.63) is 70.8 Å². The lowest BCUT2D eigenvalue weighted by Gasteiger charge is -2.41. The van der Waals surface area contributed by atoms with Gasteiger partial charge in [-0.15, -0.1) is 5.10 Å². The van der Waals surface area contributed by atoms with Crippen molar-refractivity contribution in [3.63, 3.8) is 0 Å². The number of hydrogen-bond acceptors (Lipinski definition) is 8. The van der Waals surface area contributed by atoms with Crippen LogP contribution < -0.4 is 15.1 Å². The van der Waals surface area contributed by atoms with E-state index in [9.17, 15) is 4.79 Å². The molecule has 2 saturated heterocycles. The Morgan fingerprint density at radius 3 is 2.42 bits per heavy atom. The molecular formula is C29H38N8O. The number of carbonyl (C=O) groups excluding carboxylic acids is 1. The first kappa shape index (κ1) is 26.0.